The van der Waals surface area contributed by atoms with E-state index in [0.717, 1.165) is 30.6 Å². The van der Waals surface area contributed by atoms with Gasteiger partial charge in [-0.1, -0.05) is 63.2 Å². The van der Waals surface area contributed by atoms with Gasteiger partial charge in [-0.2, -0.15) is 0 Å². The van der Waals surface area contributed by atoms with Crippen molar-refractivity contribution in [2.75, 3.05) is 5.32 Å². The van der Waals surface area contributed by atoms with Gasteiger partial charge < -0.3 is 10.3 Å². The van der Waals surface area contributed by atoms with E-state index < -0.39 is 0 Å². The topological polar surface area (TPSA) is 44.9 Å². The van der Waals surface area contributed by atoms with Crippen LogP contribution >= 0.6 is 0 Å². The van der Waals surface area contributed by atoms with Gasteiger partial charge in [-0.25, -0.2) is 0 Å². The molecule has 0 saturated heterocycles. The number of amides is 1. The Morgan fingerprint density at radius 2 is 1.82 bits per heavy atom. The molecule has 0 bridgehead atoms. The molecule has 28 heavy (non-hydrogen) atoms. The van der Waals surface area contributed by atoms with Crippen LogP contribution < -0.4 is 5.32 Å². The number of rotatable bonds is 5. The van der Waals surface area contributed by atoms with E-state index in [9.17, 15) is 4.79 Å². The highest BCUT2D eigenvalue weighted by Gasteiger charge is 2.36. The van der Waals surface area contributed by atoms with E-state index in [-0.39, 0.29) is 11.3 Å². The van der Waals surface area contributed by atoms with Crippen LogP contribution in [-0.4, -0.2) is 10.9 Å². The third-order valence-electron chi connectivity index (χ3n) is 5.91. The van der Waals surface area contributed by atoms with Gasteiger partial charge in [-0.15, -0.1) is 0 Å². The first-order valence-corrected chi connectivity index (χ1v) is 10.1. The second-order valence-corrected chi connectivity index (χ2v) is 8.59. The van der Waals surface area contributed by atoms with Crippen molar-refractivity contribution >= 4 is 11.6 Å². The molecule has 0 aliphatic heterocycles. The fourth-order valence-corrected chi connectivity index (χ4v) is 4.60. The zero-order chi connectivity index (χ0) is 19.7. The molecule has 1 aromatic heterocycles. The Kier molecular flexibility index (Phi) is 4.84. The summed E-state index contributed by atoms with van der Waals surface area (Å²) < 4.78 is 0. The van der Waals surface area contributed by atoms with Crippen molar-refractivity contribution < 1.29 is 4.79 Å². The van der Waals surface area contributed by atoms with Gasteiger partial charge in [-0.05, 0) is 65.5 Å². The molecule has 1 unspecified atom stereocenters. The Hall–Kier alpha value is -2.81. The number of H-pyrrole nitrogens is 1. The molecule has 3 heteroatoms. The lowest BCUT2D eigenvalue weighted by atomic mass is 9.86. The molecular weight excluding hydrogens is 344 g/mol. The molecule has 4 rings (SSSR count). The summed E-state index contributed by atoms with van der Waals surface area (Å²) >= 11 is 0. The highest BCUT2D eigenvalue weighted by molar-refractivity contribution is 6.03. The molecular formula is C25H28N2O. The van der Waals surface area contributed by atoms with Gasteiger partial charge in [0.15, 0.2) is 0 Å². The number of nitrogens with one attached hydrogen (secondary N) is 2. The Bertz CT molecular complexity index is 985. The number of hydrogen-bond acceptors (Lipinski definition) is 1. The zero-order valence-corrected chi connectivity index (χ0v) is 16.9. The molecule has 0 spiro atoms. The molecule has 1 heterocycles. The molecule has 2 N–H and O–H groups in total. The minimum absolute atomic E-state index is 0.0729. The number of aryl methyl sites for hydroxylation is 2. The first kappa shape index (κ1) is 18.5. The van der Waals surface area contributed by atoms with Crippen molar-refractivity contribution in [3.05, 3.63) is 88.7 Å². The van der Waals surface area contributed by atoms with Crippen LogP contribution in [-0.2, 0) is 18.3 Å². The lowest BCUT2D eigenvalue weighted by Gasteiger charge is -2.19. The van der Waals surface area contributed by atoms with E-state index in [1.54, 1.807) is 0 Å². The summed E-state index contributed by atoms with van der Waals surface area (Å²) in [6, 6.07) is 20.6. The Balaban J connectivity index is 1.47. The van der Waals surface area contributed by atoms with Crippen LogP contribution in [0.4, 0.5) is 5.69 Å². The minimum Gasteiger partial charge on any atom is -0.354 e. The predicted molar refractivity (Wildman–Crippen MR) is 115 cm³/mol. The number of aromatic nitrogens is 1. The third-order valence-corrected chi connectivity index (χ3v) is 5.91. The van der Waals surface area contributed by atoms with Crippen molar-refractivity contribution in [1.82, 2.24) is 4.98 Å². The molecule has 1 aliphatic rings. The summed E-state index contributed by atoms with van der Waals surface area (Å²) in [6.07, 6.45) is 2.96. The van der Waals surface area contributed by atoms with Gasteiger partial charge in [-0.3, -0.25) is 4.79 Å². The van der Waals surface area contributed by atoms with E-state index in [0.29, 0.717) is 11.6 Å². The fraction of sp³-hybridized carbons (Fsp3) is 0.320. The number of anilines is 1. The summed E-state index contributed by atoms with van der Waals surface area (Å²) in [5.74, 6) is 0.378. The van der Waals surface area contributed by atoms with Crippen molar-refractivity contribution in [3.8, 4) is 0 Å². The van der Waals surface area contributed by atoms with E-state index in [1.165, 1.54) is 16.7 Å². The summed E-state index contributed by atoms with van der Waals surface area (Å²) in [4.78, 5) is 16.1. The molecule has 2 aromatic carbocycles. The van der Waals surface area contributed by atoms with Crippen LogP contribution in [0.25, 0.3) is 0 Å². The van der Waals surface area contributed by atoms with Gasteiger partial charge in [0.2, 0.25) is 0 Å². The number of carbonyl (C=O) groups is 1. The first-order valence-electron chi connectivity index (χ1n) is 10.1. The second-order valence-electron chi connectivity index (χ2n) is 8.59. The van der Waals surface area contributed by atoms with Crippen molar-refractivity contribution in [2.45, 2.75) is 51.4 Å². The first-order chi connectivity index (χ1) is 13.4. The molecule has 1 amide bonds. The molecule has 1 atom stereocenters. The molecule has 3 aromatic rings. The SMILES string of the molecule is CC1CC(C)(C)c2cccc(NC(=O)c3ccc(CCc4ccccc4)[nH]3)c21. The smallest absolute Gasteiger partial charge is 0.272 e. The number of fused-ring (bicyclic) bond motifs is 1. The molecule has 0 saturated carbocycles. The van der Waals surface area contributed by atoms with Crippen LogP contribution in [0, 0.1) is 0 Å². The maximum Gasteiger partial charge on any atom is 0.272 e. The lowest BCUT2D eigenvalue weighted by molar-refractivity contribution is 0.102. The highest BCUT2D eigenvalue weighted by atomic mass is 16.1. The molecule has 144 valence electrons. The van der Waals surface area contributed by atoms with Gasteiger partial charge in [0.1, 0.15) is 5.69 Å². The Labute approximate surface area is 167 Å². The summed E-state index contributed by atoms with van der Waals surface area (Å²) in [5.41, 5.74) is 6.75. The molecule has 3 nitrogen and oxygen atoms in total. The van der Waals surface area contributed by atoms with Crippen LogP contribution in [0.3, 0.4) is 0 Å². The van der Waals surface area contributed by atoms with Crippen LogP contribution in [0.1, 0.15) is 66.0 Å². The predicted octanol–water partition coefficient (Wildman–Crippen LogP) is 5.84. The van der Waals surface area contributed by atoms with Crippen LogP contribution in [0.5, 0.6) is 0 Å². The number of hydrogen-bond donors (Lipinski definition) is 2. The van der Waals surface area contributed by atoms with Crippen molar-refractivity contribution in [3.63, 3.8) is 0 Å². The fourth-order valence-electron chi connectivity index (χ4n) is 4.60. The van der Waals surface area contributed by atoms with E-state index in [4.69, 9.17) is 0 Å². The van der Waals surface area contributed by atoms with Crippen LogP contribution in [0.15, 0.2) is 60.7 Å². The van der Waals surface area contributed by atoms with Gasteiger partial charge >= 0.3 is 0 Å². The average Bonchev–Trinajstić information content (AvgIpc) is 3.24. The standard InChI is InChI=1S/C25H28N2O/c1-17-16-25(2,3)20-10-7-11-21(23(17)20)27-24(28)22-15-14-19(26-22)13-12-18-8-5-4-6-9-18/h4-11,14-15,17,26H,12-13,16H2,1-3H3,(H,27,28). The molecule has 0 radical (unpaired) electrons. The normalized spacial score (nSPS) is 17.3. The van der Waals surface area contributed by atoms with Crippen LogP contribution in [0.2, 0.25) is 0 Å². The van der Waals surface area contributed by atoms with E-state index in [2.05, 4.69) is 61.4 Å². The summed E-state index contributed by atoms with van der Waals surface area (Å²) in [6.45, 7) is 6.81. The largest absolute Gasteiger partial charge is 0.354 e. The summed E-state index contributed by atoms with van der Waals surface area (Å²) in [5, 5.41) is 3.14. The quantitative estimate of drug-likeness (QED) is 0.581. The third kappa shape index (κ3) is 3.62. The number of aromatic amines is 1. The van der Waals surface area contributed by atoms with Crippen molar-refractivity contribution in [2.24, 2.45) is 0 Å². The second kappa shape index (κ2) is 7.31. The summed E-state index contributed by atoms with van der Waals surface area (Å²) in [7, 11) is 0. The zero-order valence-electron chi connectivity index (χ0n) is 16.9. The van der Waals surface area contributed by atoms with Crippen molar-refractivity contribution in [1.29, 1.82) is 0 Å². The monoisotopic (exact) mass is 372 g/mol. The molecule has 1 aliphatic carbocycles. The number of benzene rings is 2. The Morgan fingerprint density at radius 1 is 1.04 bits per heavy atom. The van der Waals surface area contributed by atoms with E-state index in [1.807, 2.05) is 30.3 Å². The lowest BCUT2D eigenvalue weighted by Crippen LogP contribution is -2.15. The minimum atomic E-state index is -0.0729. The highest BCUT2D eigenvalue weighted by Crippen LogP contribution is 2.48. The Morgan fingerprint density at radius 3 is 2.61 bits per heavy atom. The maximum atomic E-state index is 12.8. The maximum absolute atomic E-state index is 12.8. The average molecular weight is 373 g/mol. The van der Waals surface area contributed by atoms with Gasteiger partial charge in [0, 0.05) is 11.4 Å². The molecule has 0 fully saturated rings. The van der Waals surface area contributed by atoms with E-state index >= 15 is 0 Å². The van der Waals surface area contributed by atoms with Gasteiger partial charge in [0.05, 0.1) is 0 Å². The van der Waals surface area contributed by atoms with Gasteiger partial charge in [0.25, 0.3) is 5.91 Å². The number of carbonyl (C=O) groups excluding carboxylic acids is 1.